The number of nitrogens with one attached hydrogen (secondary N) is 1. The maximum absolute atomic E-state index is 14.0. The Morgan fingerprint density at radius 2 is 1.85 bits per heavy atom. The number of hydrogen-bond acceptors (Lipinski definition) is 4. The van der Waals surface area contributed by atoms with Gasteiger partial charge in [-0.25, -0.2) is 0 Å². The fraction of sp³-hybridized carbons (Fsp3) is 0.296. The lowest BCUT2D eigenvalue weighted by atomic mass is 9.87. The van der Waals surface area contributed by atoms with E-state index in [4.69, 9.17) is 14.2 Å². The molecule has 34 heavy (non-hydrogen) atoms. The Hall–Kier alpha value is -3.03. The zero-order valence-corrected chi connectivity index (χ0v) is 21.2. The summed E-state index contributed by atoms with van der Waals surface area (Å²) in [7, 11) is 3.78. The van der Waals surface area contributed by atoms with Gasteiger partial charge in [0.2, 0.25) is 12.5 Å². The first kappa shape index (κ1) is 24.1. The molecule has 0 bridgehead atoms. The minimum Gasteiger partial charge on any atom is -1.00 e. The molecule has 3 aromatic rings. The van der Waals surface area contributed by atoms with Crippen molar-refractivity contribution in [3.05, 3.63) is 82.9 Å². The number of quaternary nitrogens is 1. The maximum atomic E-state index is 14.0. The lowest BCUT2D eigenvalue weighted by molar-refractivity contribution is -0.944. The quantitative estimate of drug-likeness (QED) is 0.515. The highest BCUT2D eigenvalue weighted by molar-refractivity contribution is 5.96. The van der Waals surface area contributed by atoms with Crippen LogP contribution in [0.15, 0.2) is 60.7 Å². The molecular formula is C27H29BrN2O4. The Bertz CT molecular complexity index is 1200. The van der Waals surface area contributed by atoms with Crippen molar-refractivity contribution in [1.82, 2.24) is 0 Å². The summed E-state index contributed by atoms with van der Waals surface area (Å²) >= 11 is 0. The van der Waals surface area contributed by atoms with Crippen LogP contribution in [-0.4, -0.2) is 37.9 Å². The second-order valence-corrected chi connectivity index (χ2v) is 9.02. The molecular weight excluding hydrogens is 496 g/mol. The Balaban J connectivity index is 0.00000274. The third-order valence-corrected chi connectivity index (χ3v) is 6.77. The maximum Gasteiger partial charge on any atom is 0.287 e. The van der Waals surface area contributed by atoms with Gasteiger partial charge in [0.1, 0.15) is 6.54 Å². The molecule has 5 rings (SSSR count). The molecule has 2 aliphatic heterocycles. The average Bonchev–Trinajstić information content (AvgIpc) is 3.28. The van der Waals surface area contributed by atoms with Gasteiger partial charge in [0.05, 0.1) is 26.3 Å². The minimum absolute atomic E-state index is 0. The van der Waals surface area contributed by atoms with Crippen LogP contribution in [0, 0.1) is 6.92 Å². The van der Waals surface area contributed by atoms with Crippen molar-refractivity contribution in [1.29, 1.82) is 0 Å². The number of fused-ring (bicyclic) bond motifs is 2. The van der Waals surface area contributed by atoms with Crippen molar-refractivity contribution in [2.75, 3.05) is 32.8 Å². The predicted molar refractivity (Wildman–Crippen MR) is 127 cm³/mol. The van der Waals surface area contributed by atoms with Crippen LogP contribution in [0.4, 0.5) is 5.69 Å². The molecule has 0 fully saturated rings. The summed E-state index contributed by atoms with van der Waals surface area (Å²) in [6.45, 7) is 3.70. The first-order valence-corrected chi connectivity index (χ1v) is 11.2. The van der Waals surface area contributed by atoms with Crippen LogP contribution in [0.3, 0.4) is 0 Å². The lowest BCUT2D eigenvalue weighted by Crippen LogP contribution is -3.00. The number of aryl methyl sites for hydroxylation is 1. The monoisotopic (exact) mass is 524 g/mol. The third-order valence-electron chi connectivity index (χ3n) is 6.77. The standard InChI is InChI=1S/C27H28N2O4.BrH/c1-18-9-7-8-12-21(18)28-27(30)24-23-20(15-22-25(26(23)31-3)33-17-32-22)13-14-29(24,2)16-19-10-5-4-6-11-19;/h4-12,15,24H,13-14,16-17H2,1-3H3;1H. The number of carbonyl (C=O) groups excluding carboxylic acids is 1. The molecule has 1 N–H and O–H groups in total. The minimum atomic E-state index is -0.474. The largest absolute Gasteiger partial charge is 1.00 e. The lowest BCUT2D eigenvalue weighted by Gasteiger charge is -2.45. The number of likely N-dealkylation sites (N-methyl/N-ethyl adjacent to an activating group) is 1. The highest BCUT2D eigenvalue weighted by Crippen LogP contribution is 2.51. The number of rotatable bonds is 5. The van der Waals surface area contributed by atoms with Crippen LogP contribution in [-0.2, 0) is 17.8 Å². The molecule has 2 atom stereocenters. The summed E-state index contributed by atoms with van der Waals surface area (Å²) in [5.41, 5.74) is 5.00. The van der Waals surface area contributed by atoms with E-state index in [1.807, 2.05) is 55.5 Å². The number of benzene rings is 3. The summed E-state index contributed by atoms with van der Waals surface area (Å²) in [6, 6.07) is 19.7. The fourth-order valence-corrected chi connectivity index (χ4v) is 5.10. The van der Waals surface area contributed by atoms with E-state index in [0.717, 1.165) is 41.9 Å². The van der Waals surface area contributed by atoms with Crippen molar-refractivity contribution < 1.29 is 40.5 Å². The summed E-state index contributed by atoms with van der Waals surface area (Å²) in [5, 5.41) is 3.20. The summed E-state index contributed by atoms with van der Waals surface area (Å²) < 4.78 is 17.8. The number of nitrogens with zero attached hydrogens (tertiary/aromatic N) is 1. The Kier molecular flexibility index (Phi) is 6.86. The van der Waals surface area contributed by atoms with Crippen LogP contribution < -0.4 is 36.5 Å². The number of amides is 1. The molecule has 6 nitrogen and oxygen atoms in total. The highest BCUT2D eigenvalue weighted by Gasteiger charge is 2.47. The Labute approximate surface area is 210 Å². The first-order chi connectivity index (χ1) is 16.0. The molecule has 2 heterocycles. The van der Waals surface area contributed by atoms with Gasteiger partial charge in [0.15, 0.2) is 17.5 Å². The summed E-state index contributed by atoms with van der Waals surface area (Å²) in [5.74, 6) is 1.81. The SMILES string of the molecule is COc1c2c(cc3c1C(C(=O)Nc1ccccc1C)[N+](C)(Cc1ccccc1)CC3)OCO2.[Br-]. The van der Waals surface area contributed by atoms with Gasteiger partial charge in [-0.3, -0.25) is 4.79 Å². The van der Waals surface area contributed by atoms with Gasteiger partial charge in [-0.05, 0) is 30.2 Å². The number of hydrogen-bond donors (Lipinski definition) is 1. The number of methoxy groups -OCH3 is 1. The number of ether oxygens (including phenoxy) is 3. The molecule has 178 valence electrons. The van der Waals surface area contributed by atoms with Gasteiger partial charge in [-0.1, -0.05) is 48.5 Å². The molecule has 0 aromatic heterocycles. The van der Waals surface area contributed by atoms with Crippen LogP contribution in [0.2, 0.25) is 0 Å². The van der Waals surface area contributed by atoms with Crippen molar-refractivity contribution >= 4 is 11.6 Å². The number of anilines is 1. The van der Waals surface area contributed by atoms with E-state index >= 15 is 0 Å². The van der Waals surface area contributed by atoms with Crippen molar-refractivity contribution in [2.45, 2.75) is 25.9 Å². The highest BCUT2D eigenvalue weighted by atomic mass is 79.9. The molecule has 2 aliphatic rings. The number of para-hydroxylation sites is 1. The van der Waals surface area contributed by atoms with Crippen molar-refractivity contribution in [2.24, 2.45) is 0 Å². The molecule has 0 radical (unpaired) electrons. The molecule has 7 heteroatoms. The second-order valence-electron chi connectivity index (χ2n) is 9.02. The Morgan fingerprint density at radius 1 is 1.12 bits per heavy atom. The van der Waals surface area contributed by atoms with Gasteiger partial charge < -0.3 is 41.0 Å². The van der Waals surface area contributed by atoms with E-state index < -0.39 is 6.04 Å². The van der Waals surface area contributed by atoms with E-state index in [1.54, 1.807) is 7.11 Å². The first-order valence-electron chi connectivity index (χ1n) is 11.2. The zero-order chi connectivity index (χ0) is 23.0. The normalized spacial score (nSPS) is 20.1. The van der Waals surface area contributed by atoms with Crippen LogP contribution in [0.1, 0.15) is 28.3 Å². The van der Waals surface area contributed by atoms with E-state index in [9.17, 15) is 4.79 Å². The van der Waals surface area contributed by atoms with Crippen molar-refractivity contribution in [3.8, 4) is 17.2 Å². The molecule has 0 spiro atoms. The molecule has 3 aromatic carbocycles. The molecule has 1 amide bonds. The molecule has 2 unspecified atom stereocenters. The van der Waals surface area contributed by atoms with Gasteiger partial charge >= 0.3 is 0 Å². The van der Waals surface area contributed by atoms with Gasteiger partial charge in [0.25, 0.3) is 5.91 Å². The van der Waals surface area contributed by atoms with Gasteiger partial charge in [-0.15, -0.1) is 0 Å². The van der Waals surface area contributed by atoms with Crippen molar-refractivity contribution in [3.63, 3.8) is 0 Å². The number of halogens is 1. The average molecular weight is 525 g/mol. The van der Waals surface area contributed by atoms with Gasteiger partial charge in [0, 0.05) is 17.7 Å². The van der Waals surface area contributed by atoms with Crippen LogP contribution in [0.25, 0.3) is 0 Å². The van der Waals surface area contributed by atoms with Crippen LogP contribution in [0.5, 0.6) is 17.2 Å². The van der Waals surface area contributed by atoms with E-state index in [-0.39, 0.29) is 29.7 Å². The predicted octanol–water partition coefficient (Wildman–Crippen LogP) is 1.62. The summed E-state index contributed by atoms with van der Waals surface area (Å²) in [4.78, 5) is 14.0. The van der Waals surface area contributed by atoms with E-state index in [0.29, 0.717) is 21.7 Å². The molecule has 0 saturated heterocycles. The number of carbonyl (C=O) groups is 1. The van der Waals surface area contributed by atoms with E-state index in [2.05, 4.69) is 24.5 Å². The Morgan fingerprint density at radius 3 is 2.59 bits per heavy atom. The molecule has 0 aliphatic carbocycles. The smallest absolute Gasteiger partial charge is 0.287 e. The summed E-state index contributed by atoms with van der Waals surface area (Å²) in [6.07, 6.45) is 0.819. The fourth-order valence-electron chi connectivity index (χ4n) is 5.10. The molecule has 0 saturated carbocycles. The van der Waals surface area contributed by atoms with Crippen LogP contribution >= 0.6 is 0 Å². The third kappa shape index (κ3) is 4.26. The van der Waals surface area contributed by atoms with E-state index in [1.165, 1.54) is 5.56 Å². The zero-order valence-electron chi connectivity index (χ0n) is 19.6. The second kappa shape index (κ2) is 9.68. The topological polar surface area (TPSA) is 56.8 Å². The van der Waals surface area contributed by atoms with Gasteiger partial charge in [-0.2, -0.15) is 0 Å².